The molecule has 2 aliphatic rings. The van der Waals surface area contributed by atoms with Gasteiger partial charge >= 0.3 is 0 Å². The third-order valence-electron chi connectivity index (χ3n) is 13.8. The van der Waals surface area contributed by atoms with Crippen LogP contribution in [0.3, 0.4) is 0 Å². The Hall–Kier alpha value is -7.10. The zero-order valence-corrected chi connectivity index (χ0v) is 33.4. The smallest absolute Gasteiger partial charge is 0.143 e. The molecule has 3 nitrogen and oxygen atoms in total. The summed E-state index contributed by atoms with van der Waals surface area (Å²) in [6.45, 7) is 9.50. The first-order chi connectivity index (χ1) is 28.8. The zero-order valence-electron chi connectivity index (χ0n) is 33.4. The van der Waals surface area contributed by atoms with Crippen molar-refractivity contribution in [1.29, 1.82) is 0 Å². The normalized spacial score (nSPS) is 14.7. The largest absolute Gasteiger partial charge is 0.455 e. The molecule has 2 aromatic heterocycles. The van der Waals surface area contributed by atoms with E-state index >= 15 is 0 Å². The highest BCUT2D eigenvalue weighted by molar-refractivity contribution is 6.20. The number of benzene rings is 9. The van der Waals surface area contributed by atoms with Crippen molar-refractivity contribution in [3.63, 3.8) is 0 Å². The van der Waals surface area contributed by atoms with Gasteiger partial charge in [-0.15, -0.1) is 0 Å². The van der Waals surface area contributed by atoms with Crippen LogP contribution in [-0.2, 0) is 10.8 Å². The molecule has 0 saturated heterocycles. The molecule has 0 unspecified atom stereocenters. The van der Waals surface area contributed by atoms with Gasteiger partial charge in [-0.2, -0.15) is 0 Å². The molecular weight excluding hydrogens is 719 g/mol. The summed E-state index contributed by atoms with van der Waals surface area (Å²) in [6.07, 6.45) is 0. The molecule has 0 radical (unpaired) electrons. The molecule has 0 spiro atoms. The van der Waals surface area contributed by atoms with Gasteiger partial charge < -0.3 is 13.7 Å². The molecule has 0 N–H and O–H groups in total. The van der Waals surface area contributed by atoms with Crippen LogP contribution >= 0.6 is 0 Å². The number of hydrogen-bond acceptors (Lipinski definition) is 3. The number of hydrogen-bond donors (Lipinski definition) is 0. The molecular formula is C56H39NO2. The molecule has 0 amide bonds. The first-order valence-electron chi connectivity index (χ1n) is 20.7. The van der Waals surface area contributed by atoms with Gasteiger partial charge in [0.15, 0.2) is 0 Å². The van der Waals surface area contributed by atoms with Crippen LogP contribution in [0.4, 0.5) is 17.1 Å². The van der Waals surface area contributed by atoms with Gasteiger partial charge in [-0.3, -0.25) is 0 Å². The predicted octanol–water partition coefficient (Wildman–Crippen LogP) is 15.9. The van der Waals surface area contributed by atoms with E-state index in [1.807, 2.05) is 0 Å². The van der Waals surface area contributed by atoms with E-state index in [9.17, 15) is 0 Å². The molecule has 2 aliphatic carbocycles. The minimum absolute atomic E-state index is 0.277. The van der Waals surface area contributed by atoms with Crippen LogP contribution in [0.2, 0.25) is 0 Å². The van der Waals surface area contributed by atoms with Crippen molar-refractivity contribution in [2.45, 2.75) is 38.5 Å². The Morgan fingerprint density at radius 2 is 0.729 bits per heavy atom. The maximum Gasteiger partial charge on any atom is 0.143 e. The molecule has 0 bridgehead atoms. The number of furan rings is 2. The molecule has 0 saturated carbocycles. The molecule has 2 heterocycles. The molecule has 0 aliphatic heterocycles. The van der Waals surface area contributed by atoms with Crippen molar-refractivity contribution < 1.29 is 8.83 Å². The van der Waals surface area contributed by atoms with Crippen LogP contribution < -0.4 is 4.90 Å². The lowest BCUT2D eigenvalue weighted by molar-refractivity contribution is 0.653. The van der Waals surface area contributed by atoms with Gasteiger partial charge in [0.25, 0.3) is 0 Å². The number of fused-ring (bicyclic) bond motifs is 18. The molecule has 0 fully saturated rings. The minimum atomic E-state index is -0.277. The van der Waals surface area contributed by atoms with Crippen LogP contribution in [-0.4, -0.2) is 0 Å². The van der Waals surface area contributed by atoms with Crippen molar-refractivity contribution in [3.05, 3.63) is 186 Å². The monoisotopic (exact) mass is 757 g/mol. The third kappa shape index (κ3) is 4.17. The van der Waals surface area contributed by atoms with Crippen molar-refractivity contribution >= 4 is 82.5 Å². The van der Waals surface area contributed by atoms with Crippen LogP contribution in [0.1, 0.15) is 49.9 Å². The average molecular weight is 758 g/mol. The van der Waals surface area contributed by atoms with Gasteiger partial charge in [-0.25, -0.2) is 0 Å². The molecule has 13 rings (SSSR count). The maximum absolute atomic E-state index is 6.77. The minimum Gasteiger partial charge on any atom is -0.455 e. The van der Waals surface area contributed by atoms with Crippen LogP contribution in [0.5, 0.6) is 0 Å². The first-order valence-corrected chi connectivity index (χ1v) is 20.7. The second-order valence-corrected chi connectivity index (χ2v) is 17.6. The van der Waals surface area contributed by atoms with Crippen LogP contribution in [0.25, 0.3) is 87.7 Å². The van der Waals surface area contributed by atoms with Gasteiger partial charge in [0.2, 0.25) is 0 Å². The Labute approximate surface area is 341 Å². The van der Waals surface area contributed by atoms with Crippen molar-refractivity contribution in [1.82, 2.24) is 0 Å². The second kappa shape index (κ2) is 11.3. The van der Waals surface area contributed by atoms with Gasteiger partial charge in [0.05, 0.1) is 11.4 Å². The highest BCUT2D eigenvalue weighted by Gasteiger charge is 2.42. The van der Waals surface area contributed by atoms with Gasteiger partial charge in [0, 0.05) is 60.0 Å². The summed E-state index contributed by atoms with van der Waals surface area (Å²) in [6, 6.07) is 59.9. The standard InChI is InChI=1S/C56H39NO2/c1-55(2)41-28-26-39-35-20-12-14-24-47(35)58-53(39)51(41)49-37-22-10-8-18-33(37)45(30-43(49)55)57(32-16-6-5-7-17-32)46-31-44-50(38-23-11-9-19-34(38)46)52-42(56(44,3)4)29-27-40-36-21-13-15-25-48(36)59-54(40)52/h5-31H,1-4H3. The summed E-state index contributed by atoms with van der Waals surface area (Å²) in [7, 11) is 0. The summed E-state index contributed by atoms with van der Waals surface area (Å²) >= 11 is 0. The Bertz CT molecular complexity index is 3400. The van der Waals surface area contributed by atoms with Crippen LogP contribution in [0, 0.1) is 0 Å². The topological polar surface area (TPSA) is 29.5 Å². The third-order valence-corrected chi connectivity index (χ3v) is 13.8. The van der Waals surface area contributed by atoms with Crippen molar-refractivity contribution in [2.75, 3.05) is 4.90 Å². The summed E-state index contributed by atoms with van der Waals surface area (Å²) in [5.74, 6) is 0. The quantitative estimate of drug-likeness (QED) is 0.180. The van der Waals surface area contributed by atoms with Crippen molar-refractivity contribution in [2.24, 2.45) is 0 Å². The number of nitrogens with zero attached hydrogens (tertiary/aromatic N) is 1. The van der Waals surface area contributed by atoms with Gasteiger partial charge in [-0.1, -0.05) is 155 Å². The summed E-state index contributed by atoms with van der Waals surface area (Å²) in [4.78, 5) is 2.52. The Kier molecular flexibility index (Phi) is 6.31. The lowest BCUT2D eigenvalue weighted by atomic mass is 9.81. The molecule has 11 aromatic rings. The van der Waals surface area contributed by atoms with Gasteiger partial charge in [-0.05, 0) is 80.6 Å². The lowest BCUT2D eigenvalue weighted by Gasteiger charge is -2.32. The van der Waals surface area contributed by atoms with Crippen molar-refractivity contribution in [3.8, 4) is 22.3 Å². The van der Waals surface area contributed by atoms with Crippen LogP contribution in [0.15, 0.2) is 173 Å². The van der Waals surface area contributed by atoms with E-state index in [0.29, 0.717) is 0 Å². The SMILES string of the molecule is CC1(C)c2cc(N(c3ccccc3)c3cc4c(c5ccccc35)-c3c(ccc5c3oc3ccccc35)C4(C)C)c3ccccc3c2-c2c1ccc1c2oc2ccccc21. The number of para-hydroxylation sites is 3. The van der Waals surface area contributed by atoms with E-state index in [1.165, 1.54) is 66.1 Å². The Balaban J connectivity index is 1.12. The molecule has 59 heavy (non-hydrogen) atoms. The summed E-state index contributed by atoms with van der Waals surface area (Å²) in [5.41, 5.74) is 16.8. The zero-order chi connectivity index (χ0) is 39.4. The number of rotatable bonds is 3. The van der Waals surface area contributed by atoms with E-state index in [4.69, 9.17) is 8.83 Å². The molecule has 0 atom stereocenters. The number of anilines is 3. The molecule has 3 heteroatoms. The first kappa shape index (κ1) is 32.9. The average Bonchev–Trinajstić information content (AvgIpc) is 3.97. The predicted molar refractivity (Wildman–Crippen MR) is 246 cm³/mol. The second-order valence-electron chi connectivity index (χ2n) is 17.6. The fraction of sp³-hybridized carbons (Fsp3) is 0.107. The highest BCUT2D eigenvalue weighted by Crippen LogP contribution is 2.60. The fourth-order valence-corrected chi connectivity index (χ4v) is 11.0. The molecule has 9 aromatic carbocycles. The lowest BCUT2D eigenvalue weighted by Crippen LogP contribution is -2.18. The van der Waals surface area contributed by atoms with Gasteiger partial charge in [0.1, 0.15) is 22.3 Å². The maximum atomic E-state index is 6.77. The molecule has 280 valence electrons. The van der Waals surface area contributed by atoms with E-state index in [2.05, 4.69) is 196 Å². The van der Waals surface area contributed by atoms with E-state index in [-0.39, 0.29) is 10.8 Å². The summed E-state index contributed by atoms with van der Waals surface area (Å²) in [5, 5.41) is 9.48. The van der Waals surface area contributed by atoms with E-state index < -0.39 is 0 Å². The fourth-order valence-electron chi connectivity index (χ4n) is 11.0. The van der Waals surface area contributed by atoms with E-state index in [1.54, 1.807) is 0 Å². The Morgan fingerprint density at radius 3 is 1.19 bits per heavy atom. The Morgan fingerprint density at radius 1 is 0.339 bits per heavy atom. The summed E-state index contributed by atoms with van der Waals surface area (Å²) < 4.78 is 13.5. The van der Waals surface area contributed by atoms with E-state index in [0.717, 1.165) is 60.9 Å². The highest BCUT2D eigenvalue weighted by atomic mass is 16.3.